The summed E-state index contributed by atoms with van der Waals surface area (Å²) in [5.41, 5.74) is 9.90. The molecular weight excluding hydrogens is 262 g/mol. The lowest BCUT2D eigenvalue weighted by molar-refractivity contribution is 0.416. The van der Waals surface area contributed by atoms with E-state index < -0.39 is 0 Å². The fourth-order valence-corrected chi connectivity index (χ4v) is 2.37. The zero-order valence-electron chi connectivity index (χ0n) is 12.1. The summed E-state index contributed by atoms with van der Waals surface area (Å²) >= 11 is 0. The molecule has 106 valence electrons. The molecule has 2 aromatic carbocycles. The zero-order chi connectivity index (χ0) is 14.8. The Labute approximate surface area is 123 Å². The van der Waals surface area contributed by atoms with Crippen LogP contribution < -0.4 is 10.5 Å². The van der Waals surface area contributed by atoms with Crippen LogP contribution in [0.25, 0.3) is 16.9 Å². The number of benzene rings is 2. The van der Waals surface area contributed by atoms with Crippen LogP contribution in [-0.4, -0.2) is 16.9 Å². The van der Waals surface area contributed by atoms with E-state index in [-0.39, 0.29) is 0 Å². The van der Waals surface area contributed by atoms with Gasteiger partial charge in [-0.05, 0) is 31.2 Å². The first-order valence-electron chi connectivity index (χ1n) is 6.76. The van der Waals surface area contributed by atoms with E-state index in [1.54, 1.807) is 11.8 Å². The molecule has 0 aliphatic carbocycles. The first-order chi connectivity index (χ1) is 10.2. The molecule has 0 saturated carbocycles. The molecule has 0 fully saturated rings. The summed E-state index contributed by atoms with van der Waals surface area (Å²) in [4.78, 5) is 0. The first kappa shape index (κ1) is 13.2. The highest BCUT2D eigenvalue weighted by molar-refractivity contribution is 5.74. The van der Waals surface area contributed by atoms with Crippen LogP contribution in [0.2, 0.25) is 0 Å². The number of hydrogen-bond acceptors (Lipinski definition) is 3. The topological polar surface area (TPSA) is 53.1 Å². The molecule has 2 N–H and O–H groups in total. The summed E-state index contributed by atoms with van der Waals surface area (Å²) in [6.07, 6.45) is 0. The minimum absolute atomic E-state index is 0.641. The molecule has 0 amide bonds. The summed E-state index contributed by atoms with van der Waals surface area (Å²) in [5, 5.41) is 4.67. The van der Waals surface area contributed by atoms with Gasteiger partial charge in [-0.1, -0.05) is 30.3 Å². The minimum Gasteiger partial charge on any atom is -0.496 e. The maximum absolute atomic E-state index is 6.22. The van der Waals surface area contributed by atoms with Crippen molar-refractivity contribution in [1.82, 2.24) is 9.78 Å². The Hall–Kier alpha value is -2.75. The van der Waals surface area contributed by atoms with Gasteiger partial charge in [0.15, 0.2) is 0 Å². The molecule has 0 atom stereocenters. The Morgan fingerprint density at radius 3 is 2.38 bits per heavy atom. The third-order valence-electron chi connectivity index (χ3n) is 3.53. The maximum atomic E-state index is 6.22. The number of ether oxygens (including phenoxy) is 1. The molecule has 1 aromatic heterocycles. The van der Waals surface area contributed by atoms with Crippen LogP contribution in [0.5, 0.6) is 5.75 Å². The van der Waals surface area contributed by atoms with Crippen molar-refractivity contribution in [3.63, 3.8) is 0 Å². The predicted molar refractivity (Wildman–Crippen MR) is 84.7 cm³/mol. The van der Waals surface area contributed by atoms with Crippen LogP contribution in [-0.2, 0) is 0 Å². The van der Waals surface area contributed by atoms with Crippen molar-refractivity contribution in [2.75, 3.05) is 12.8 Å². The number of anilines is 1. The highest BCUT2D eigenvalue weighted by Gasteiger charge is 2.17. The Morgan fingerprint density at radius 2 is 1.67 bits per heavy atom. The SMILES string of the molecule is COc1ccccc1-c1nn(-c2ccccc2)c(N)c1C. The largest absolute Gasteiger partial charge is 0.496 e. The average molecular weight is 279 g/mol. The van der Waals surface area contributed by atoms with Crippen LogP contribution in [0.4, 0.5) is 5.82 Å². The van der Waals surface area contributed by atoms with E-state index in [2.05, 4.69) is 5.10 Å². The van der Waals surface area contributed by atoms with Gasteiger partial charge in [0.25, 0.3) is 0 Å². The minimum atomic E-state index is 0.641. The number of nitrogens with zero attached hydrogens (tertiary/aromatic N) is 2. The third kappa shape index (κ3) is 2.25. The standard InChI is InChI=1S/C17H17N3O/c1-12-16(14-10-6-7-11-15(14)21-2)19-20(17(12)18)13-8-4-3-5-9-13/h3-11H,18H2,1-2H3. The zero-order valence-corrected chi connectivity index (χ0v) is 12.1. The smallest absolute Gasteiger partial charge is 0.130 e. The number of methoxy groups -OCH3 is 1. The van der Waals surface area contributed by atoms with Crippen molar-refractivity contribution >= 4 is 5.82 Å². The summed E-state index contributed by atoms with van der Waals surface area (Å²) in [6, 6.07) is 17.7. The Morgan fingerprint density at radius 1 is 1.00 bits per heavy atom. The molecule has 1 heterocycles. The van der Waals surface area contributed by atoms with Crippen molar-refractivity contribution in [1.29, 1.82) is 0 Å². The molecule has 3 aromatic rings. The predicted octanol–water partition coefficient (Wildman–Crippen LogP) is 3.44. The van der Waals surface area contributed by atoms with Crippen molar-refractivity contribution in [3.8, 4) is 22.7 Å². The van der Waals surface area contributed by atoms with Gasteiger partial charge in [-0.2, -0.15) is 5.10 Å². The number of aromatic nitrogens is 2. The lowest BCUT2D eigenvalue weighted by Crippen LogP contribution is -2.01. The van der Waals surface area contributed by atoms with Crippen molar-refractivity contribution in [3.05, 3.63) is 60.2 Å². The molecule has 4 nitrogen and oxygen atoms in total. The van der Waals surface area contributed by atoms with Gasteiger partial charge in [0, 0.05) is 11.1 Å². The summed E-state index contributed by atoms with van der Waals surface area (Å²) in [7, 11) is 1.66. The Kier molecular flexibility index (Phi) is 3.36. The van der Waals surface area contributed by atoms with Gasteiger partial charge in [-0.3, -0.25) is 0 Å². The molecule has 3 rings (SSSR count). The number of hydrogen-bond donors (Lipinski definition) is 1. The van der Waals surface area contributed by atoms with Crippen LogP contribution >= 0.6 is 0 Å². The van der Waals surface area contributed by atoms with Crippen LogP contribution in [0.15, 0.2) is 54.6 Å². The van der Waals surface area contributed by atoms with E-state index in [0.717, 1.165) is 28.3 Å². The molecule has 0 bridgehead atoms. The van der Waals surface area contributed by atoms with E-state index in [1.165, 1.54) is 0 Å². The normalized spacial score (nSPS) is 10.6. The monoisotopic (exact) mass is 279 g/mol. The summed E-state index contributed by atoms with van der Waals surface area (Å²) in [6.45, 7) is 1.98. The van der Waals surface area contributed by atoms with Crippen LogP contribution in [0, 0.1) is 6.92 Å². The van der Waals surface area contributed by atoms with Gasteiger partial charge in [-0.25, -0.2) is 4.68 Å². The molecule has 0 saturated heterocycles. The van der Waals surface area contributed by atoms with E-state index in [4.69, 9.17) is 10.5 Å². The van der Waals surface area contributed by atoms with Gasteiger partial charge >= 0.3 is 0 Å². The highest BCUT2D eigenvalue weighted by atomic mass is 16.5. The molecule has 0 aliphatic heterocycles. The first-order valence-corrected chi connectivity index (χ1v) is 6.76. The van der Waals surface area contributed by atoms with Crippen molar-refractivity contribution in [2.45, 2.75) is 6.92 Å². The van der Waals surface area contributed by atoms with E-state index in [0.29, 0.717) is 5.82 Å². The van der Waals surface area contributed by atoms with Gasteiger partial charge in [-0.15, -0.1) is 0 Å². The fourth-order valence-electron chi connectivity index (χ4n) is 2.37. The maximum Gasteiger partial charge on any atom is 0.130 e. The van der Waals surface area contributed by atoms with Crippen molar-refractivity contribution < 1.29 is 4.74 Å². The second-order valence-electron chi connectivity index (χ2n) is 4.81. The number of rotatable bonds is 3. The molecule has 0 aliphatic rings. The van der Waals surface area contributed by atoms with E-state index in [1.807, 2.05) is 61.5 Å². The Bertz CT molecular complexity index is 763. The highest BCUT2D eigenvalue weighted by Crippen LogP contribution is 2.34. The second-order valence-corrected chi connectivity index (χ2v) is 4.81. The number of nitrogens with two attached hydrogens (primary N) is 1. The molecule has 0 unspecified atom stereocenters. The van der Waals surface area contributed by atoms with Gasteiger partial charge in [0.2, 0.25) is 0 Å². The van der Waals surface area contributed by atoms with Gasteiger partial charge in [0.05, 0.1) is 12.8 Å². The van der Waals surface area contributed by atoms with Gasteiger partial charge < -0.3 is 10.5 Å². The van der Waals surface area contributed by atoms with E-state index in [9.17, 15) is 0 Å². The van der Waals surface area contributed by atoms with Crippen LogP contribution in [0.3, 0.4) is 0 Å². The second kappa shape index (κ2) is 5.32. The summed E-state index contributed by atoms with van der Waals surface area (Å²) in [5.74, 6) is 1.43. The van der Waals surface area contributed by atoms with Crippen LogP contribution in [0.1, 0.15) is 5.56 Å². The number of nitrogen functional groups attached to an aromatic ring is 1. The lowest BCUT2D eigenvalue weighted by atomic mass is 10.1. The van der Waals surface area contributed by atoms with Gasteiger partial charge in [0.1, 0.15) is 17.3 Å². The quantitative estimate of drug-likeness (QED) is 0.799. The summed E-state index contributed by atoms with van der Waals surface area (Å²) < 4.78 is 7.18. The molecule has 4 heteroatoms. The lowest BCUT2D eigenvalue weighted by Gasteiger charge is -2.06. The molecule has 21 heavy (non-hydrogen) atoms. The van der Waals surface area contributed by atoms with E-state index >= 15 is 0 Å². The Balaban J connectivity index is 2.18. The average Bonchev–Trinajstić information content (AvgIpc) is 2.84. The third-order valence-corrected chi connectivity index (χ3v) is 3.53. The molecule has 0 radical (unpaired) electrons. The molecule has 0 spiro atoms. The fraction of sp³-hybridized carbons (Fsp3) is 0.118. The van der Waals surface area contributed by atoms with Crippen molar-refractivity contribution in [2.24, 2.45) is 0 Å². The molecular formula is C17H17N3O. The number of para-hydroxylation sites is 2.